The number of nitrogens with two attached hydrogens (primary N) is 1. The van der Waals surface area contributed by atoms with Crippen molar-refractivity contribution >= 4 is 34.6 Å². The zero-order valence-corrected chi connectivity index (χ0v) is 8.25. The van der Waals surface area contributed by atoms with E-state index in [2.05, 4.69) is 22.6 Å². The zero-order valence-electron chi connectivity index (χ0n) is 6.10. The summed E-state index contributed by atoms with van der Waals surface area (Å²) in [5.41, 5.74) is 7.99. The average molecular weight is 261 g/mol. The van der Waals surface area contributed by atoms with Gasteiger partial charge < -0.3 is 5.73 Å². The molecule has 2 nitrogen and oxygen atoms in total. The Balaban J connectivity index is 3.31. The first-order valence-corrected chi connectivity index (χ1v) is 4.24. The van der Waals surface area contributed by atoms with E-state index in [9.17, 15) is 4.79 Å². The van der Waals surface area contributed by atoms with E-state index in [1.54, 1.807) is 6.07 Å². The third-order valence-electron chi connectivity index (χ3n) is 1.54. The molecule has 0 aromatic heterocycles. The van der Waals surface area contributed by atoms with Crippen LogP contribution in [0.3, 0.4) is 0 Å². The maximum absolute atomic E-state index is 10.4. The second kappa shape index (κ2) is 3.21. The minimum Gasteiger partial charge on any atom is -0.398 e. The zero-order chi connectivity index (χ0) is 8.43. The minimum atomic E-state index is 0.637. The highest BCUT2D eigenvalue weighted by Crippen LogP contribution is 2.19. The number of rotatable bonds is 1. The molecule has 1 aromatic carbocycles. The predicted molar refractivity (Wildman–Crippen MR) is 53.7 cm³/mol. The number of carbonyl (C=O) groups is 1. The summed E-state index contributed by atoms with van der Waals surface area (Å²) in [6, 6.07) is 3.50. The van der Waals surface area contributed by atoms with Crippen molar-refractivity contribution in [1.82, 2.24) is 0 Å². The molecule has 2 N–H and O–H groups in total. The number of aldehydes is 1. The van der Waals surface area contributed by atoms with E-state index in [-0.39, 0.29) is 0 Å². The van der Waals surface area contributed by atoms with Gasteiger partial charge in [0.25, 0.3) is 0 Å². The van der Waals surface area contributed by atoms with Crippen molar-refractivity contribution in [2.24, 2.45) is 0 Å². The first kappa shape index (κ1) is 8.52. The Morgan fingerprint density at radius 2 is 2.18 bits per heavy atom. The molecule has 0 fully saturated rings. The summed E-state index contributed by atoms with van der Waals surface area (Å²) in [5.74, 6) is 0. The monoisotopic (exact) mass is 261 g/mol. The molecule has 3 heteroatoms. The Hall–Kier alpha value is -0.580. The van der Waals surface area contributed by atoms with Crippen LogP contribution in [0.4, 0.5) is 5.69 Å². The van der Waals surface area contributed by atoms with Gasteiger partial charge in [0, 0.05) is 14.8 Å². The molecule has 0 atom stereocenters. The van der Waals surface area contributed by atoms with Gasteiger partial charge in [0.1, 0.15) is 6.29 Å². The highest BCUT2D eigenvalue weighted by Gasteiger charge is 2.00. The second-order valence-corrected chi connectivity index (χ2v) is 3.50. The van der Waals surface area contributed by atoms with Gasteiger partial charge in [0.2, 0.25) is 0 Å². The summed E-state index contributed by atoms with van der Waals surface area (Å²) >= 11 is 2.16. The summed E-state index contributed by atoms with van der Waals surface area (Å²) < 4.78 is 1.03. The molecule has 1 rings (SSSR count). The molecule has 0 amide bonds. The normalized spacial score (nSPS) is 9.64. The van der Waals surface area contributed by atoms with E-state index in [0.717, 1.165) is 15.4 Å². The van der Waals surface area contributed by atoms with Crippen LogP contribution in [0.2, 0.25) is 0 Å². The number of carbonyl (C=O) groups excluding carboxylic acids is 1. The number of anilines is 1. The van der Waals surface area contributed by atoms with E-state index in [0.29, 0.717) is 11.3 Å². The summed E-state index contributed by atoms with van der Waals surface area (Å²) in [5, 5.41) is 0. The molecule has 11 heavy (non-hydrogen) atoms. The van der Waals surface area contributed by atoms with Gasteiger partial charge in [0.15, 0.2) is 0 Å². The van der Waals surface area contributed by atoms with Crippen LogP contribution in [0.25, 0.3) is 0 Å². The fourth-order valence-electron chi connectivity index (χ4n) is 0.790. The average Bonchev–Trinajstić information content (AvgIpc) is 1.99. The summed E-state index contributed by atoms with van der Waals surface area (Å²) in [4.78, 5) is 10.4. The number of benzene rings is 1. The molecule has 0 bridgehead atoms. The summed E-state index contributed by atoms with van der Waals surface area (Å²) in [7, 11) is 0. The first-order chi connectivity index (χ1) is 5.15. The van der Waals surface area contributed by atoms with Gasteiger partial charge in [-0.05, 0) is 47.2 Å². The number of nitrogen functional groups attached to an aromatic ring is 1. The lowest BCUT2D eigenvalue weighted by Crippen LogP contribution is -1.94. The van der Waals surface area contributed by atoms with Crippen molar-refractivity contribution in [3.63, 3.8) is 0 Å². The molecule has 58 valence electrons. The molecule has 0 aliphatic rings. The minimum absolute atomic E-state index is 0.637. The van der Waals surface area contributed by atoms with Crippen LogP contribution < -0.4 is 5.73 Å². The Morgan fingerprint density at radius 3 is 2.64 bits per heavy atom. The molecule has 0 saturated carbocycles. The molecule has 0 aliphatic carbocycles. The molecule has 0 saturated heterocycles. The lowest BCUT2D eigenvalue weighted by atomic mass is 10.1. The van der Waals surface area contributed by atoms with Crippen LogP contribution in [-0.2, 0) is 0 Å². The SMILES string of the molecule is Cc1c(N)cc(C=O)cc1I. The number of hydrogen-bond acceptors (Lipinski definition) is 2. The fourth-order valence-corrected chi connectivity index (χ4v) is 1.46. The van der Waals surface area contributed by atoms with Crippen LogP contribution in [-0.4, -0.2) is 6.29 Å². The van der Waals surface area contributed by atoms with Crippen molar-refractivity contribution < 1.29 is 4.79 Å². The van der Waals surface area contributed by atoms with Crippen molar-refractivity contribution in [1.29, 1.82) is 0 Å². The van der Waals surface area contributed by atoms with Gasteiger partial charge in [0.05, 0.1) is 0 Å². The molecule has 0 aliphatic heterocycles. The second-order valence-electron chi connectivity index (χ2n) is 2.33. The van der Waals surface area contributed by atoms with Crippen molar-refractivity contribution in [2.75, 3.05) is 5.73 Å². The smallest absolute Gasteiger partial charge is 0.150 e. The highest BCUT2D eigenvalue weighted by molar-refractivity contribution is 14.1. The van der Waals surface area contributed by atoms with Gasteiger partial charge in [-0.3, -0.25) is 4.79 Å². The van der Waals surface area contributed by atoms with E-state index >= 15 is 0 Å². The fraction of sp³-hybridized carbons (Fsp3) is 0.125. The van der Waals surface area contributed by atoms with Crippen molar-refractivity contribution in [3.8, 4) is 0 Å². The molecule has 0 radical (unpaired) electrons. The van der Waals surface area contributed by atoms with Crippen LogP contribution in [0.1, 0.15) is 15.9 Å². The maximum Gasteiger partial charge on any atom is 0.150 e. The van der Waals surface area contributed by atoms with Gasteiger partial charge in [-0.1, -0.05) is 0 Å². The third kappa shape index (κ3) is 1.71. The standard InChI is InChI=1S/C8H8INO/c1-5-7(9)2-6(4-11)3-8(5)10/h2-4H,10H2,1H3. The van der Waals surface area contributed by atoms with Crippen LogP contribution >= 0.6 is 22.6 Å². The Morgan fingerprint density at radius 1 is 1.55 bits per heavy atom. The van der Waals surface area contributed by atoms with Gasteiger partial charge in [-0.2, -0.15) is 0 Å². The number of halogens is 1. The number of hydrogen-bond donors (Lipinski definition) is 1. The molecule has 1 aromatic rings. The maximum atomic E-state index is 10.4. The predicted octanol–water partition coefficient (Wildman–Crippen LogP) is 1.99. The van der Waals surface area contributed by atoms with Gasteiger partial charge in [-0.25, -0.2) is 0 Å². The van der Waals surface area contributed by atoms with E-state index in [4.69, 9.17) is 5.73 Å². The van der Waals surface area contributed by atoms with Crippen LogP contribution in [0.5, 0.6) is 0 Å². The molecular formula is C8H8INO. The topological polar surface area (TPSA) is 43.1 Å². The largest absolute Gasteiger partial charge is 0.398 e. The third-order valence-corrected chi connectivity index (χ3v) is 2.66. The molecule has 0 unspecified atom stereocenters. The van der Waals surface area contributed by atoms with Crippen molar-refractivity contribution in [3.05, 3.63) is 26.8 Å². The lowest BCUT2D eigenvalue weighted by Gasteiger charge is -2.02. The van der Waals surface area contributed by atoms with Gasteiger partial charge >= 0.3 is 0 Å². The molecular weight excluding hydrogens is 253 g/mol. The Bertz CT molecular complexity index is 273. The van der Waals surface area contributed by atoms with Crippen molar-refractivity contribution in [2.45, 2.75) is 6.92 Å². The molecule has 0 heterocycles. The molecule has 0 spiro atoms. The Kier molecular flexibility index (Phi) is 2.49. The first-order valence-electron chi connectivity index (χ1n) is 3.16. The van der Waals surface area contributed by atoms with Gasteiger partial charge in [-0.15, -0.1) is 0 Å². The van der Waals surface area contributed by atoms with Crippen LogP contribution in [0.15, 0.2) is 12.1 Å². The van der Waals surface area contributed by atoms with Crippen LogP contribution in [0, 0.1) is 10.5 Å². The quantitative estimate of drug-likeness (QED) is 0.477. The Labute approximate surface area is 78.9 Å². The highest BCUT2D eigenvalue weighted by atomic mass is 127. The van der Waals surface area contributed by atoms with E-state index in [1.165, 1.54) is 0 Å². The lowest BCUT2D eigenvalue weighted by molar-refractivity contribution is 0.112. The van der Waals surface area contributed by atoms with E-state index < -0.39 is 0 Å². The van der Waals surface area contributed by atoms with E-state index in [1.807, 2.05) is 13.0 Å². The summed E-state index contributed by atoms with van der Waals surface area (Å²) in [6.07, 6.45) is 0.804. The summed E-state index contributed by atoms with van der Waals surface area (Å²) in [6.45, 7) is 1.94.